The number of hydrogen-bond acceptors (Lipinski definition) is 5. The van der Waals surface area contributed by atoms with Crippen molar-refractivity contribution in [2.45, 2.75) is 66.1 Å². The Morgan fingerprint density at radius 3 is 1.81 bits per heavy atom. The van der Waals surface area contributed by atoms with Crippen LogP contribution >= 0.6 is 0 Å². The normalized spacial score (nSPS) is 14.4. The van der Waals surface area contributed by atoms with Gasteiger partial charge in [0, 0.05) is 13.5 Å². The third-order valence-corrected chi connectivity index (χ3v) is 5.68. The van der Waals surface area contributed by atoms with Gasteiger partial charge >= 0.3 is 0 Å². The van der Waals surface area contributed by atoms with Crippen LogP contribution in [0.15, 0.2) is 0 Å². The van der Waals surface area contributed by atoms with Gasteiger partial charge in [0.2, 0.25) is 0 Å². The first-order chi connectivity index (χ1) is 12.0. The van der Waals surface area contributed by atoms with Crippen molar-refractivity contribution in [2.24, 2.45) is 0 Å². The van der Waals surface area contributed by atoms with Gasteiger partial charge in [-0.3, -0.25) is 0 Å². The summed E-state index contributed by atoms with van der Waals surface area (Å²) in [5, 5.41) is 19.3. The Labute approximate surface area is 158 Å². The van der Waals surface area contributed by atoms with Gasteiger partial charge in [-0.25, -0.2) is 0 Å². The smallest absolute Gasteiger partial charge is 0.125 e. The highest BCUT2D eigenvalue weighted by molar-refractivity contribution is 5.54. The molecule has 5 nitrogen and oxygen atoms in total. The fourth-order valence-corrected chi connectivity index (χ4v) is 3.08. The highest BCUT2D eigenvalue weighted by Crippen LogP contribution is 2.37. The Hall–Kier alpha value is -1.14. The molecule has 1 rings (SSSR count). The number of aliphatic hydroxyl groups is 2. The van der Waals surface area contributed by atoms with E-state index < -0.39 is 11.2 Å². The van der Waals surface area contributed by atoms with Crippen molar-refractivity contribution in [1.29, 1.82) is 0 Å². The summed E-state index contributed by atoms with van der Waals surface area (Å²) in [4.78, 5) is 0. The van der Waals surface area contributed by atoms with Gasteiger partial charge in [-0.2, -0.15) is 0 Å². The predicted octanol–water partition coefficient (Wildman–Crippen LogP) is 3.03. The molecular weight excluding hydrogens is 332 g/mol. The van der Waals surface area contributed by atoms with E-state index in [0.29, 0.717) is 26.2 Å². The lowest BCUT2D eigenvalue weighted by Gasteiger charge is -2.40. The van der Waals surface area contributed by atoms with Gasteiger partial charge < -0.3 is 24.4 Å². The van der Waals surface area contributed by atoms with Crippen LogP contribution in [0.1, 0.15) is 48.6 Å². The molecule has 150 valence electrons. The quantitative estimate of drug-likeness (QED) is 0.621. The first kappa shape index (κ1) is 22.9. The van der Waals surface area contributed by atoms with E-state index in [0.717, 1.165) is 28.0 Å². The van der Waals surface area contributed by atoms with Crippen LogP contribution < -0.4 is 4.74 Å². The van der Waals surface area contributed by atoms with Gasteiger partial charge in [0.1, 0.15) is 12.4 Å². The minimum absolute atomic E-state index is 0.0183. The lowest BCUT2D eigenvalue weighted by molar-refractivity contribution is -0.140. The van der Waals surface area contributed by atoms with E-state index in [9.17, 15) is 5.11 Å². The van der Waals surface area contributed by atoms with Crippen molar-refractivity contribution in [2.75, 3.05) is 33.5 Å². The first-order valence-electron chi connectivity index (χ1n) is 9.18. The molecule has 0 amide bonds. The van der Waals surface area contributed by atoms with E-state index in [4.69, 9.17) is 19.3 Å². The molecule has 0 fully saturated rings. The van der Waals surface area contributed by atoms with Gasteiger partial charge in [-0.1, -0.05) is 0 Å². The number of benzene rings is 1. The Balaban J connectivity index is 3.14. The average molecular weight is 369 g/mol. The van der Waals surface area contributed by atoms with Gasteiger partial charge in [-0.15, -0.1) is 0 Å². The summed E-state index contributed by atoms with van der Waals surface area (Å²) in [6.07, 6.45) is 0.617. The second-order valence-electron chi connectivity index (χ2n) is 7.66. The maximum absolute atomic E-state index is 10.6. The van der Waals surface area contributed by atoms with Crippen LogP contribution in [0.5, 0.6) is 5.75 Å². The summed E-state index contributed by atoms with van der Waals surface area (Å²) in [6.45, 7) is 15.0. The average Bonchev–Trinajstić information content (AvgIpc) is 2.58. The second kappa shape index (κ2) is 9.18. The molecule has 1 atom stereocenters. The van der Waals surface area contributed by atoms with Crippen LogP contribution in [-0.4, -0.2) is 55.0 Å². The highest BCUT2D eigenvalue weighted by atomic mass is 16.5. The van der Waals surface area contributed by atoms with Crippen LogP contribution in [0, 0.1) is 27.7 Å². The van der Waals surface area contributed by atoms with Crippen molar-refractivity contribution in [1.82, 2.24) is 0 Å². The van der Waals surface area contributed by atoms with Crippen LogP contribution in [0.3, 0.4) is 0 Å². The van der Waals surface area contributed by atoms with E-state index in [1.54, 1.807) is 21.0 Å². The van der Waals surface area contributed by atoms with Gasteiger partial charge in [-0.05, 0) is 76.3 Å². The van der Waals surface area contributed by atoms with Crippen LogP contribution in [0.25, 0.3) is 0 Å². The lowest BCUT2D eigenvalue weighted by Crippen LogP contribution is -2.51. The Kier molecular flexibility index (Phi) is 8.08. The maximum Gasteiger partial charge on any atom is 0.125 e. The monoisotopic (exact) mass is 368 g/mol. The molecule has 1 aromatic carbocycles. The molecule has 0 aromatic heterocycles. The number of rotatable bonds is 10. The summed E-state index contributed by atoms with van der Waals surface area (Å²) < 4.78 is 16.9. The molecule has 26 heavy (non-hydrogen) atoms. The van der Waals surface area contributed by atoms with Crippen molar-refractivity contribution in [3.63, 3.8) is 0 Å². The topological polar surface area (TPSA) is 68.2 Å². The molecule has 0 aliphatic carbocycles. The molecule has 0 saturated carbocycles. The zero-order valence-electron chi connectivity index (χ0n) is 17.7. The molecule has 0 aliphatic heterocycles. The predicted molar refractivity (Wildman–Crippen MR) is 104 cm³/mol. The molecule has 0 saturated heterocycles. The van der Waals surface area contributed by atoms with E-state index in [1.165, 1.54) is 5.56 Å². The van der Waals surface area contributed by atoms with E-state index >= 15 is 0 Å². The minimum Gasteiger partial charge on any atom is -0.491 e. The Bertz CT molecular complexity index is 574. The number of hydrogen-bond donors (Lipinski definition) is 2. The number of methoxy groups -OCH3 is 1. The van der Waals surface area contributed by atoms with Crippen molar-refractivity contribution in [3.05, 3.63) is 27.8 Å². The van der Waals surface area contributed by atoms with Crippen LogP contribution in [-0.2, 0) is 15.9 Å². The van der Waals surface area contributed by atoms with Crippen LogP contribution in [0.4, 0.5) is 0 Å². The van der Waals surface area contributed by atoms with E-state index in [-0.39, 0.29) is 6.61 Å². The van der Waals surface area contributed by atoms with Gasteiger partial charge in [0.15, 0.2) is 0 Å². The van der Waals surface area contributed by atoms with Gasteiger partial charge in [0.25, 0.3) is 0 Å². The third-order valence-electron chi connectivity index (χ3n) is 5.68. The molecule has 1 aromatic rings. The third kappa shape index (κ3) is 4.97. The standard InChI is InChI=1S/C21H36O5/c1-14-16(3)19(26-12-11-25-10-9-22)17(4)15(2)18(14)13-21(7,24-8)20(5,6)23/h22-23H,9-13H2,1-8H3. The second-order valence-corrected chi connectivity index (χ2v) is 7.66. The molecule has 5 heteroatoms. The molecule has 2 N–H and O–H groups in total. The summed E-state index contributed by atoms with van der Waals surface area (Å²) in [6, 6.07) is 0. The molecule has 0 spiro atoms. The molecular formula is C21H36O5. The fourth-order valence-electron chi connectivity index (χ4n) is 3.08. The summed E-state index contributed by atoms with van der Waals surface area (Å²) >= 11 is 0. The number of ether oxygens (including phenoxy) is 3. The van der Waals surface area contributed by atoms with E-state index in [1.807, 2.05) is 6.92 Å². The van der Waals surface area contributed by atoms with Crippen molar-refractivity contribution < 1.29 is 24.4 Å². The first-order valence-corrected chi connectivity index (χ1v) is 9.18. The fraction of sp³-hybridized carbons (Fsp3) is 0.714. The Morgan fingerprint density at radius 2 is 1.38 bits per heavy atom. The summed E-state index contributed by atoms with van der Waals surface area (Å²) in [7, 11) is 1.65. The van der Waals surface area contributed by atoms with Crippen LogP contribution in [0.2, 0.25) is 0 Å². The molecule has 0 bridgehead atoms. The molecule has 1 unspecified atom stereocenters. The van der Waals surface area contributed by atoms with Crippen molar-refractivity contribution >= 4 is 0 Å². The molecule has 0 heterocycles. The van der Waals surface area contributed by atoms with Crippen molar-refractivity contribution in [3.8, 4) is 5.75 Å². The Morgan fingerprint density at radius 1 is 0.846 bits per heavy atom. The minimum atomic E-state index is -0.971. The van der Waals surface area contributed by atoms with E-state index in [2.05, 4.69) is 27.7 Å². The molecule has 0 aliphatic rings. The largest absolute Gasteiger partial charge is 0.491 e. The summed E-state index contributed by atoms with van der Waals surface area (Å²) in [5.41, 5.74) is 4.04. The highest BCUT2D eigenvalue weighted by Gasteiger charge is 2.40. The molecule has 0 radical (unpaired) electrons. The summed E-state index contributed by atoms with van der Waals surface area (Å²) in [5.74, 6) is 0.888. The lowest BCUT2D eigenvalue weighted by atomic mass is 9.78. The number of aliphatic hydroxyl groups excluding tert-OH is 1. The SMILES string of the molecule is COC(C)(Cc1c(C)c(C)c(OCCOCCO)c(C)c1C)C(C)(C)O. The van der Waals surface area contributed by atoms with Gasteiger partial charge in [0.05, 0.1) is 31.0 Å². The maximum atomic E-state index is 10.6. The zero-order valence-corrected chi connectivity index (χ0v) is 17.7. The zero-order chi connectivity index (χ0) is 20.1.